The van der Waals surface area contributed by atoms with Crippen LogP contribution in [0.25, 0.3) is 56.3 Å². The van der Waals surface area contributed by atoms with Crippen molar-refractivity contribution in [2.45, 2.75) is 79.1 Å². The van der Waals surface area contributed by atoms with Gasteiger partial charge in [0.1, 0.15) is 6.54 Å². The molecule has 292 valence electrons. The van der Waals surface area contributed by atoms with Crippen LogP contribution in [0.3, 0.4) is 0 Å². The first kappa shape index (κ1) is 40.1. The number of aromatic nitrogens is 2. The molecule has 4 aromatic carbocycles. The van der Waals surface area contributed by atoms with Gasteiger partial charge in [0.25, 0.3) is 0 Å². The molecular weight excluding hydrogens is 707 g/mol. The summed E-state index contributed by atoms with van der Waals surface area (Å²) >= 11 is 0. The van der Waals surface area contributed by atoms with Crippen molar-refractivity contribution in [3.63, 3.8) is 0 Å². The third-order valence-corrected chi connectivity index (χ3v) is 11.1. The quantitative estimate of drug-likeness (QED) is 0.0975. The second kappa shape index (κ2) is 16.4. The van der Waals surface area contributed by atoms with Crippen molar-refractivity contribution >= 4 is 23.2 Å². The molecule has 4 nitrogen and oxygen atoms in total. The molecule has 7 rings (SSSR count). The molecular formula is C54H55N3O. The normalized spacial score (nSPS) is 13.3. The number of hydrogen-bond acceptors (Lipinski definition) is 3. The Labute approximate surface area is 345 Å². The Morgan fingerprint density at radius 3 is 1.66 bits per heavy atom. The summed E-state index contributed by atoms with van der Waals surface area (Å²) in [6.45, 7) is 22.5. The summed E-state index contributed by atoms with van der Waals surface area (Å²) < 4.78 is 0. The fourth-order valence-corrected chi connectivity index (χ4v) is 7.20. The number of aryl methyl sites for hydroxylation is 2. The molecule has 0 bridgehead atoms. The predicted octanol–water partition coefficient (Wildman–Crippen LogP) is 13.5. The number of benzene rings is 4. The summed E-state index contributed by atoms with van der Waals surface area (Å²) in [5, 5.41) is 0. The van der Waals surface area contributed by atoms with Crippen LogP contribution in [0.2, 0.25) is 0 Å². The molecule has 1 amide bonds. The Bertz CT molecular complexity index is 2520. The van der Waals surface area contributed by atoms with Gasteiger partial charge < -0.3 is 4.90 Å². The molecule has 58 heavy (non-hydrogen) atoms. The molecule has 1 fully saturated rings. The van der Waals surface area contributed by atoms with Crippen LogP contribution in [-0.4, -0.2) is 22.4 Å². The standard InChI is InChI=1S/C54H55N3O/c1-10-36-24-43(29-47(26-36)53(4,5)6)41-20-22-49(55-33-41)15-13-14-38(12-3)45-28-46(32-50(31-45)57-35-52(57)58)39-16-18-40(19-17-39)51-23-21-42(34-56-51)44-25-37(11-2)27-48(30-44)54(7,8)9/h12-34H,3,10-11,35H2,1-2,4-9H3/b15-13+,38-14+. The Morgan fingerprint density at radius 2 is 1.17 bits per heavy atom. The van der Waals surface area contributed by atoms with Gasteiger partial charge in [0.2, 0.25) is 5.91 Å². The van der Waals surface area contributed by atoms with Crippen molar-refractivity contribution in [3.05, 3.63) is 174 Å². The fraction of sp³-hybridized carbons (Fsp3) is 0.241. The van der Waals surface area contributed by atoms with Gasteiger partial charge in [-0.3, -0.25) is 14.8 Å². The van der Waals surface area contributed by atoms with E-state index >= 15 is 0 Å². The first-order valence-corrected chi connectivity index (χ1v) is 20.5. The molecule has 0 spiro atoms. The Kier molecular flexibility index (Phi) is 11.3. The zero-order valence-electron chi connectivity index (χ0n) is 35.4. The maximum Gasteiger partial charge on any atom is 0.247 e. The van der Waals surface area contributed by atoms with Gasteiger partial charge >= 0.3 is 0 Å². The maximum absolute atomic E-state index is 12.3. The highest BCUT2D eigenvalue weighted by Crippen LogP contribution is 2.35. The lowest BCUT2D eigenvalue weighted by molar-refractivity contribution is -0.109. The maximum atomic E-state index is 12.3. The van der Waals surface area contributed by atoms with E-state index in [2.05, 4.69) is 171 Å². The minimum atomic E-state index is 0.0760. The second-order valence-electron chi connectivity index (χ2n) is 17.5. The number of anilines is 1. The van der Waals surface area contributed by atoms with Crippen molar-refractivity contribution in [2.24, 2.45) is 0 Å². The number of allylic oxidation sites excluding steroid dienone is 4. The number of carbonyl (C=O) groups is 1. The number of nitrogens with zero attached hydrogens (tertiary/aromatic N) is 3. The Hall–Kier alpha value is -6.13. The molecule has 1 aliphatic rings. The van der Waals surface area contributed by atoms with E-state index in [1.807, 2.05) is 30.6 Å². The molecule has 0 radical (unpaired) electrons. The lowest BCUT2D eigenvalue weighted by atomic mass is 9.84. The van der Waals surface area contributed by atoms with Crippen LogP contribution in [-0.2, 0) is 28.5 Å². The lowest BCUT2D eigenvalue weighted by Gasteiger charge is -2.21. The molecule has 1 aliphatic heterocycles. The van der Waals surface area contributed by atoms with Crippen molar-refractivity contribution in [1.29, 1.82) is 0 Å². The fourth-order valence-electron chi connectivity index (χ4n) is 7.20. The highest BCUT2D eigenvalue weighted by atomic mass is 16.2. The predicted molar refractivity (Wildman–Crippen MR) is 246 cm³/mol. The minimum Gasteiger partial charge on any atom is -0.301 e. The zero-order valence-corrected chi connectivity index (χ0v) is 35.4. The lowest BCUT2D eigenvalue weighted by Crippen LogP contribution is -2.11. The summed E-state index contributed by atoms with van der Waals surface area (Å²) in [6, 6.07) is 37.1. The van der Waals surface area contributed by atoms with Gasteiger partial charge in [-0.25, -0.2) is 0 Å². The van der Waals surface area contributed by atoms with E-state index in [-0.39, 0.29) is 16.7 Å². The number of carbonyl (C=O) groups excluding carboxylic acids is 1. The smallest absolute Gasteiger partial charge is 0.247 e. The van der Waals surface area contributed by atoms with Crippen molar-refractivity contribution in [2.75, 3.05) is 11.4 Å². The van der Waals surface area contributed by atoms with Gasteiger partial charge in [-0.1, -0.05) is 153 Å². The molecule has 0 N–H and O–H groups in total. The Morgan fingerprint density at radius 1 is 0.638 bits per heavy atom. The summed E-state index contributed by atoms with van der Waals surface area (Å²) in [4.78, 5) is 23.8. The van der Waals surface area contributed by atoms with E-state index in [9.17, 15) is 4.79 Å². The van der Waals surface area contributed by atoms with Gasteiger partial charge in [0, 0.05) is 34.8 Å². The summed E-state index contributed by atoms with van der Waals surface area (Å²) in [7, 11) is 0. The SMILES string of the molecule is C=C/C(=C\C=C\c1ccc(-c2cc(CC)cc(C(C)(C)C)c2)cn1)c1cc(-c2ccc(-c3ccc(-c4cc(CC)cc(C(C)(C)C)c4)cn3)cc2)cc(N2CC2=O)c1. The van der Waals surface area contributed by atoms with E-state index in [4.69, 9.17) is 9.97 Å². The van der Waals surface area contributed by atoms with E-state index in [0.29, 0.717) is 6.54 Å². The number of rotatable bonds is 11. The average molecular weight is 762 g/mol. The van der Waals surface area contributed by atoms with Crippen molar-refractivity contribution < 1.29 is 4.79 Å². The molecule has 1 saturated heterocycles. The van der Waals surface area contributed by atoms with Crippen LogP contribution in [0.5, 0.6) is 0 Å². The van der Waals surface area contributed by atoms with Gasteiger partial charge in [-0.15, -0.1) is 0 Å². The molecule has 3 heterocycles. The van der Waals surface area contributed by atoms with Crippen molar-refractivity contribution in [1.82, 2.24) is 9.97 Å². The first-order valence-electron chi connectivity index (χ1n) is 20.5. The van der Waals surface area contributed by atoms with E-state index in [1.54, 1.807) is 4.90 Å². The number of pyridine rings is 2. The molecule has 6 aromatic rings. The molecule has 4 heteroatoms. The molecule has 2 aromatic heterocycles. The highest BCUT2D eigenvalue weighted by molar-refractivity contribution is 6.12. The van der Waals surface area contributed by atoms with Gasteiger partial charge in [-0.2, -0.15) is 0 Å². The van der Waals surface area contributed by atoms with Gasteiger partial charge in [0.05, 0.1) is 11.4 Å². The molecule has 0 atom stereocenters. The van der Waals surface area contributed by atoms with Crippen LogP contribution < -0.4 is 4.90 Å². The largest absolute Gasteiger partial charge is 0.301 e. The molecule has 0 saturated carbocycles. The van der Waals surface area contributed by atoms with Crippen LogP contribution in [0, 0.1) is 0 Å². The van der Waals surface area contributed by atoms with Crippen LogP contribution in [0.15, 0.2) is 140 Å². The summed E-state index contributed by atoms with van der Waals surface area (Å²) in [6.07, 6.45) is 13.9. The monoisotopic (exact) mass is 761 g/mol. The zero-order chi connectivity index (χ0) is 41.2. The van der Waals surface area contributed by atoms with Crippen LogP contribution in [0.1, 0.15) is 88.9 Å². The van der Waals surface area contributed by atoms with E-state index in [1.165, 1.54) is 33.4 Å². The third kappa shape index (κ3) is 9.19. The van der Waals surface area contributed by atoms with Gasteiger partial charge in [0.15, 0.2) is 0 Å². The van der Waals surface area contributed by atoms with E-state index in [0.717, 1.165) is 68.9 Å². The van der Waals surface area contributed by atoms with Crippen LogP contribution >= 0.6 is 0 Å². The summed E-state index contributed by atoms with van der Waals surface area (Å²) in [5.74, 6) is 0.124. The topological polar surface area (TPSA) is 45.9 Å². The second-order valence-corrected chi connectivity index (χ2v) is 17.5. The Balaban J connectivity index is 1.11. The minimum absolute atomic E-state index is 0.0760. The summed E-state index contributed by atoms with van der Waals surface area (Å²) in [5.41, 5.74) is 17.9. The molecule has 0 aliphatic carbocycles. The highest BCUT2D eigenvalue weighted by Gasteiger charge is 2.32. The molecule has 0 unspecified atom stereocenters. The average Bonchev–Trinajstić information content (AvgIpc) is 3.97. The van der Waals surface area contributed by atoms with Crippen molar-refractivity contribution in [3.8, 4) is 44.6 Å². The number of amides is 1. The number of hydrogen-bond donors (Lipinski definition) is 0. The third-order valence-electron chi connectivity index (χ3n) is 11.1. The van der Waals surface area contributed by atoms with Gasteiger partial charge in [-0.05, 0) is 116 Å². The van der Waals surface area contributed by atoms with E-state index < -0.39 is 0 Å². The first-order chi connectivity index (χ1) is 27.7. The van der Waals surface area contributed by atoms with Crippen LogP contribution in [0.4, 0.5) is 5.69 Å².